The van der Waals surface area contributed by atoms with Gasteiger partial charge in [0.05, 0.1) is 13.2 Å². The molecule has 0 spiro atoms. The minimum Gasteiger partial charge on any atom is -0.508 e. The zero-order chi connectivity index (χ0) is 16.8. The van der Waals surface area contributed by atoms with Crippen molar-refractivity contribution < 1.29 is 35.1 Å². The number of rotatable bonds is 4. The van der Waals surface area contributed by atoms with Crippen LogP contribution in [0, 0.1) is 0 Å². The Morgan fingerprint density at radius 1 is 1.00 bits per heavy atom. The molecule has 0 aliphatic heterocycles. The summed E-state index contributed by atoms with van der Waals surface area (Å²) in [5.74, 6) is -1.94. The van der Waals surface area contributed by atoms with Crippen LogP contribution in [0.5, 0.6) is 5.75 Å². The van der Waals surface area contributed by atoms with Crippen LogP contribution in [0.2, 0.25) is 0 Å². The number of phenols is 1. The molecule has 1 aromatic rings. The number of hydrogen-bond acceptors (Lipinski definition) is 5. The molecule has 0 heterocycles. The van der Waals surface area contributed by atoms with Crippen LogP contribution in [0.1, 0.15) is 11.1 Å². The quantitative estimate of drug-likeness (QED) is 0.521. The molecule has 0 amide bonds. The molecule has 0 saturated heterocycles. The van der Waals surface area contributed by atoms with Crippen LogP contribution in [0.3, 0.4) is 0 Å². The normalized spacial score (nSPS) is 8.29. The van der Waals surface area contributed by atoms with Crippen molar-refractivity contribution in [3.63, 3.8) is 0 Å². The monoisotopic (exact) mass is 298 g/mol. The number of benzene rings is 1. The average molecular weight is 298 g/mol. The Hall–Kier alpha value is -2.64. The molecule has 0 atom stereocenters. The maximum atomic E-state index is 9.25. The number of aliphatic hydroxyl groups excluding tert-OH is 2. The Labute approximate surface area is 121 Å². The van der Waals surface area contributed by atoms with Crippen molar-refractivity contribution in [1.82, 2.24) is 0 Å². The first-order valence-electron chi connectivity index (χ1n) is 5.56. The number of aliphatic hydroxyl groups is 2. The van der Waals surface area contributed by atoms with Gasteiger partial charge in [0.1, 0.15) is 5.75 Å². The minimum atomic E-state index is -0.981. The largest absolute Gasteiger partial charge is 0.508 e. The fourth-order valence-electron chi connectivity index (χ4n) is 0.952. The fourth-order valence-corrected chi connectivity index (χ4v) is 0.952. The van der Waals surface area contributed by atoms with Crippen molar-refractivity contribution in [2.24, 2.45) is 0 Å². The van der Waals surface area contributed by atoms with E-state index >= 15 is 0 Å². The molecule has 0 radical (unpaired) electrons. The summed E-state index contributed by atoms with van der Waals surface area (Å²) in [4.78, 5) is 18.5. The summed E-state index contributed by atoms with van der Waals surface area (Å²) < 4.78 is 0. The Bertz CT molecular complexity index is 462. The molecule has 0 aromatic heterocycles. The van der Waals surface area contributed by atoms with Gasteiger partial charge in [0.15, 0.2) is 0 Å². The molecule has 0 saturated carbocycles. The van der Waals surface area contributed by atoms with Crippen LogP contribution < -0.4 is 0 Å². The van der Waals surface area contributed by atoms with E-state index in [9.17, 15) is 9.59 Å². The van der Waals surface area contributed by atoms with E-state index < -0.39 is 11.9 Å². The molecule has 0 unspecified atom stereocenters. The molecule has 0 aliphatic carbocycles. The highest BCUT2D eigenvalue weighted by Crippen LogP contribution is 2.20. The van der Waals surface area contributed by atoms with Crippen LogP contribution in [0.4, 0.5) is 0 Å². The molecular formula is C14H18O7. The molecule has 1 rings (SSSR count). The van der Waals surface area contributed by atoms with E-state index in [2.05, 4.69) is 13.2 Å². The third-order valence-electron chi connectivity index (χ3n) is 1.93. The van der Waals surface area contributed by atoms with Crippen molar-refractivity contribution >= 4 is 11.9 Å². The maximum absolute atomic E-state index is 9.25. The van der Waals surface area contributed by atoms with Gasteiger partial charge in [-0.05, 0) is 11.6 Å². The van der Waals surface area contributed by atoms with Crippen molar-refractivity contribution in [3.05, 3.63) is 54.6 Å². The Morgan fingerprint density at radius 3 is 1.67 bits per heavy atom. The summed E-state index contributed by atoms with van der Waals surface area (Å²) in [6.07, 6.45) is 1.67. The van der Waals surface area contributed by atoms with Gasteiger partial charge in [0.2, 0.25) is 0 Å². The fraction of sp³-hybridized carbons (Fsp3) is 0.143. The molecular weight excluding hydrogens is 280 g/mol. The summed E-state index contributed by atoms with van der Waals surface area (Å²) in [6.45, 7) is 5.51. The summed E-state index contributed by atoms with van der Waals surface area (Å²) in [5, 5.41) is 41.9. The van der Waals surface area contributed by atoms with Gasteiger partial charge in [-0.3, -0.25) is 0 Å². The topological polar surface area (TPSA) is 135 Å². The number of carboxylic acids is 2. The standard InChI is InChI=1S/C8H10O3.2C3H4O2/c9-4-6-2-1-3-8(11)7(6)5-10;2*1-2-3(4)5/h1-3,9-11H,4-5H2;2*2H,1H2,(H,4,5). The van der Waals surface area contributed by atoms with Crippen LogP contribution in [0.15, 0.2) is 43.5 Å². The van der Waals surface area contributed by atoms with Crippen LogP contribution in [-0.4, -0.2) is 37.5 Å². The Morgan fingerprint density at radius 2 is 1.43 bits per heavy atom. The van der Waals surface area contributed by atoms with Crippen LogP contribution >= 0.6 is 0 Å². The second-order valence-electron chi connectivity index (χ2n) is 3.32. The smallest absolute Gasteiger partial charge is 0.327 e. The van der Waals surface area contributed by atoms with E-state index in [0.29, 0.717) is 11.1 Å². The zero-order valence-electron chi connectivity index (χ0n) is 11.3. The predicted molar refractivity (Wildman–Crippen MR) is 75.6 cm³/mol. The van der Waals surface area contributed by atoms with E-state index in [1.807, 2.05) is 0 Å². The first-order chi connectivity index (χ1) is 9.83. The number of aromatic hydroxyl groups is 1. The van der Waals surface area contributed by atoms with Crippen molar-refractivity contribution in [2.75, 3.05) is 0 Å². The third-order valence-corrected chi connectivity index (χ3v) is 1.93. The lowest BCUT2D eigenvalue weighted by Crippen LogP contribution is -1.93. The van der Waals surface area contributed by atoms with Crippen LogP contribution in [-0.2, 0) is 22.8 Å². The molecule has 0 bridgehead atoms. The second kappa shape index (κ2) is 12.4. The third kappa shape index (κ3) is 10.9. The highest BCUT2D eigenvalue weighted by Gasteiger charge is 2.03. The predicted octanol–water partition coefficient (Wildman–Crippen LogP) is 0.891. The summed E-state index contributed by atoms with van der Waals surface area (Å²) in [6, 6.07) is 4.76. The number of carbonyl (C=O) groups is 2. The second-order valence-corrected chi connectivity index (χ2v) is 3.32. The number of carboxylic acid groups (broad SMARTS) is 2. The van der Waals surface area contributed by atoms with Gasteiger partial charge in [0, 0.05) is 17.7 Å². The SMILES string of the molecule is C=CC(=O)O.C=CC(=O)O.OCc1cccc(O)c1CO. The van der Waals surface area contributed by atoms with Gasteiger partial charge < -0.3 is 25.5 Å². The average Bonchev–Trinajstić information content (AvgIpc) is 2.47. The Kier molecular flexibility index (Phi) is 12.2. The Balaban J connectivity index is 0. The molecule has 1 aromatic carbocycles. The molecule has 7 nitrogen and oxygen atoms in total. The number of hydrogen-bond donors (Lipinski definition) is 5. The van der Waals surface area contributed by atoms with E-state index in [0.717, 1.165) is 12.2 Å². The van der Waals surface area contributed by atoms with Gasteiger partial charge in [-0.25, -0.2) is 9.59 Å². The van der Waals surface area contributed by atoms with Gasteiger partial charge >= 0.3 is 11.9 Å². The van der Waals surface area contributed by atoms with Crippen molar-refractivity contribution in [2.45, 2.75) is 13.2 Å². The lowest BCUT2D eigenvalue weighted by molar-refractivity contribution is -0.132. The zero-order valence-corrected chi connectivity index (χ0v) is 11.3. The molecule has 0 aliphatic rings. The van der Waals surface area contributed by atoms with E-state index in [1.165, 1.54) is 6.07 Å². The molecule has 21 heavy (non-hydrogen) atoms. The lowest BCUT2D eigenvalue weighted by atomic mass is 10.1. The lowest BCUT2D eigenvalue weighted by Gasteiger charge is -2.05. The van der Waals surface area contributed by atoms with Gasteiger partial charge in [-0.15, -0.1) is 0 Å². The molecule has 5 N–H and O–H groups in total. The summed E-state index contributed by atoms with van der Waals surface area (Å²) in [5.41, 5.74) is 0.961. The summed E-state index contributed by atoms with van der Waals surface area (Å²) in [7, 11) is 0. The van der Waals surface area contributed by atoms with Crippen molar-refractivity contribution in [1.29, 1.82) is 0 Å². The van der Waals surface area contributed by atoms with Crippen molar-refractivity contribution in [3.8, 4) is 5.75 Å². The highest BCUT2D eigenvalue weighted by molar-refractivity contribution is 5.79. The van der Waals surface area contributed by atoms with E-state index in [1.54, 1.807) is 12.1 Å². The number of aliphatic carboxylic acids is 2. The molecule has 0 fully saturated rings. The van der Waals surface area contributed by atoms with Crippen LogP contribution in [0.25, 0.3) is 0 Å². The van der Waals surface area contributed by atoms with E-state index in [-0.39, 0.29) is 19.0 Å². The van der Waals surface area contributed by atoms with E-state index in [4.69, 9.17) is 25.5 Å². The van der Waals surface area contributed by atoms with Gasteiger partial charge in [-0.2, -0.15) is 0 Å². The molecule has 116 valence electrons. The summed E-state index contributed by atoms with van der Waals surface area (Å²) >= 11 is 0. The maximum Gasteiger partial charge on any atom is 0.327 e. The first kappa shape index (κ1) is 20.7. The van der Waals surface area contributed by atoms with Gasteiger partial charge in [-0.1, -0.05) is 25.3 Å². The highest BCUT2D eigenvalue weighted by atomic mass is 16.4. The first-order valence-corrected chi connectivity index (χ1v) is 5.56. The molecule has 7 heteroatoms. The minimum absolute atomic E-state index is 0.0269. The van der Waals surface area contributed by atoms with Gasteiger partial charge in [0.25, 0.3) is 0 Å².